The van der Waals surface area contributed by atoms with Gasteiger partial charge in [0.05, 0.1) is 0 Å². The number of thiol groups is 1. The summed E-state index contributed by atoms with van der Waals surface area (Å²) in [7, 11) is 0. The molecule has 0 fully saturated rings. The second-order valence-electron chi connectivity index (χ2n) is 2.88. The maximum absolute atomic E-state index is 10.2. The minimum atomic E-state index is -0.759. The first-order chi connectivity index (χ1) is 7.10. The minimum Gasteiger partial charge on any atom is -0.481 e. The van der Waals surface area contributed by atoms with Gasteiger partial charge < -0.3 is 10.2 Å². The van der Waals surface area contributed by atoms with Crippen LogP contribution in [0.1, 0.15) is 18.9 Å². The second kappa shape index (κ2) is 8.32. The summed E-state index contributed by atoms with van der Waals surface area (Å²) in [6, 6.07) is 7.51. The highest BCUT2D eigenvalue weighted by Gasteiger charge is 1.97. The van der Waals surface area contributed by atoms with Crippen LogP contribution < -0.4 is 0 Å². The molecule has 2 N–H and O–H groups in total. The molecule has 0 heterocycles. The van der Waals surface area contributed by atoms with Crippen molar-refractivity contribution in [3.05, 3.63) is 29.8 Å². The normalized spacial score (nSPS) is 9.00. The van der Waals surface area contributed by atoms with Gasteiger partial charge in [-0.2, -0.15) is 0 Å². The molecule has 0 spiro atoms. The van der Waals surface area contributed by atoms with E-state index in [1.807, 2.05) is 24.3 Å². The third kappa shape index (κ3) is 8.03. The Balaban J connectivity index is 0.000000583. The lowest BCUT2D eigenvalue weighted by molar-refractivity contribution is -0.136. The van der Waals surface area contributed by atoms with Gasteiger partial charge in [0.2, 0.25) is 0 Å². The van der Waals surface area contributed by atoms with Crippen LogP contribution in [-0.2, 0) is 11.2 Å². The van der Waals surface area contributed by atoms with E-state index in [1.54, 1.807) is 6.92 Å². The van der Waals surface area contributed by atoms with E-state index in [-0.39, 0.29) is 13.0 Å². The Labute approximate surface area is 95.2 Å². The summed E-state index contributed by atoms with van der Waals surface area (Å²) in [6.07, 6.45) is 0.773. The van der Waals surface area contributed by atoms with Crippen LogP contribution in [0.2, 0.25) is 0 Å². The predicted molar refractivity (Wildman–Crippen MR) is 62.4 cm³/mol. The highest BCUT2D eigenvalue weighted by atomic mass is 32.1. The lowest BCUT2D eigenvalue weighted by Crippen LogP contribution is -1.96. The molecule has 1 aromatic rings. The molecule has 3 nitrogen and oxygen atoms in total. The molecule has 1 rings (SSSR count). The first-order valence-electron chi connectivity index (χ1n) is 4.70. The Morgan fingerprint density at radius 3 is 2.20 bits per heavy atom. The molecule has 4 heteroatoms. The van der Waals surface area contributed by atoms with Gasteiger partial charge in [-0.05, 0) is 31.0 Å². The number of benzene rings is 1. The third-order valence-corrected chi connectivity index (χ3v) is 1.86. The fourth-order valence-electron chi connectivity index (χ4n) is 0.914. The number of aliphatic hydroxyl groups excluding tert-OH is 1. The van der Waals surface area contributed by atoms with Crippen molar-refractivity contribution in [3.8, 4) is 0 Å². The number of hydrogen-bond donors (Lipinski definition) is 3. The summed E-state index contributed by atoms with van der Waals surface area (Å²) >= 11 is 4.12. The van der Waals surface area contributed by atoms with E-state index in [1.165, 1.54) is 0 Å². The number of aliphatic hydroxyl groups is 1. The zero-order valence-corrected chi connectivity index (χ0v) is 9.58. The molecule has 0 aliphatic carbocycles. The first-order valence-corrected chi connectivity index (χ1v) is 5.15. The minimum absolute atomic E-state index is 0.186. The van der Waals surface area contributed by atoms with Gasteiger partial charge >= 0.3 is 5.97 Å². The Hall–Kier alpha value is -1.00. The lowest BCUT2D eigenvalue weighted by Gasteiger charge is -1.97. The quantitative estimate of drug-likeness (QED) is 0.693. The number of aryl methyl sites for hydroxylation is 1. The Kier molecular flexibility index (Phi) is 7.77. The van der Waals surface area contributed by atoms with Gasteiger partial charge in [0.1, 0.15) is 0 Å². The van der Waals surface area contributed by atoms with Gasteiger partial charge in [0.25, 0.3) is 0 Å². The number of aliphatic carboxylic acids is 1. The summed E-state index contributed by atoms with van der Waals surface area (Å²) in [5, 5.41) is 16.0. The van der Waals surface area contributed by atoms with E-state index < -0.39 is 5.97 Å². The highest BCUT2D eigenvalue weighted by Crippen LogP contribution is 2.09. The fourth-order valence-corrected chi connectivity index (χ4v) is 1.06. The molecular formula is C11H16O3S. The van der Waals surface area contributed by atoms with Crippen LogP contribution in [0.15, 0.2) is 29.2 Å². The molecule has 0 saturated heterocycles. The zero-order valence-electron chi connectivity index (χ0n) is 8.68. The monoisotopic (exact) mass is 228 g/mol. The molecule has 15 heavy (non-hydrogen) atoms. The average molecular weight is 228 g/mol. The number of carbonyl (C=O) groups is 1. The number of carboxylic acids is 1. The van der Waals surface area contributed by atoms with Gasteiger partial charge in [-0.15, -0.1) is 12.6 Å². The molecular weight excluding hydrogens is 212 g/mol. The predicted octanol–water partition coefficient (Wildman–Crippen LogP) is 1.99. The highest BCUT2D eigenvalue weighted by molar-refractivity contribution is 7.80. The molecule has 1 aromatic carbocycles. The van der Waals surface area contributed by atoms with Crippen LogP contribution in [0.4, 0.5) is 0 Å². The van der Waals surface area contributed by atoms with Crippen molar-refractivity contribution in [3.63, 3.8) is 0 Å². The van der Waals surface area contributed by atoms with Crippen molar-refractivity contribution >= 4 is 18.6 Å². The molecule has 0 amide bonds. The van der Waals surface area contributed by atoms with E-state index >= 15 is 0 Å². The maximum Gasteiger partial charge on any atom is 0.303 e. The van der Waals surface area contributed by atoms with Crippen LogP contribution >= 0.6 is 12.6 Å². The van der Waals surface area contributed by atoms with Crippen molar-refractivity contribution in [1.82, 2.24) is 0 Å². The molecule has 0 atom stereocenters. The van der Waals surface area contributed by atoms with E-state index in [4.69, 9.17) is 10.2 Å². The molecule has 0 aliphatic rings. The molecule has 0 saturated carbocycles. The Morgan fingerprint density at radius 1 is 1.33 bits per heavy atom. The van der Waals surface area contributed by atoms with Crippen molar-refractivity contribution < 1.29 is 15.0 Å². The smallest absolute Gasteiger partial charge is 0.303 e. The number of hydrogen-bond acceptors (Lipinski definition) is 3. The van der Waals surface area contributed by atoms with Crippen LogP contribution in [-0.4, -0.2) is 22.8 Å². The van der Waals surface area contributed by atoms with E-state index in [9.17, 15) is 4.79 Å². The molecule has 0 radical (unpaired) electrons. The van der Waals surface area contributed by atoms with Gasteiger partial charge in [-0.1, -0.05) is 12.1 Å². The van der Waals surface area contributed by atoms with Gasteiger partial charge in [0.15, 0.2) is 0 Å². The molecule has 0 aromatic heterocycles. The van der Waals surface area contributed by atoms with Crippen molar-refractivity contribution in [2.45, 2.75) is 24.7 Å². The molecule has 0 aliphatic heterocycles. The van der Waals surface area contributed by atoms with Crippen LogP contribution in [0, 0.1) is 0 Å². The summed E-state index contributed by atoms with van der Waals surface area (Å²) in [4.78, 5) is 11.1. The van der Waals surface area contributed by atoms with Crippen molar-refractivity contribution in [2.24, 2.45) is 0 Å². The van der Waals surface area contributed by atoms with Crippen LogP contribution in [0.25, 0.3) is 0 Å². The average Bonchev–Trinajstić information content (AvgIpc) is 2.18. The summed E-state index contributed by atoms with van der Waals surface area (Å²) in [5.41, 5.74) is 1.04. The topological polar surface area (TPSA) is 57.5 Å². The van der Waals surface area contributed by atoms with Crippen molar-refractivity contribution in [2.75, 3.05) is 6.61 Å². The number of rotatable bonds is 3. The summed E-state index contributed by atoms with van der Waals surface area (Å²) < 4.78 is 0. The number of carboxylic acid groups (broad SMARTS) is 1. The van der Waals surface area contributed by atoms with E-state index in [0.29, 0.717) is 6.42 Å². The standard InChI is InChI=1S/C9H10O2S.C2H6O/c10-9(11)6-3-7-1-4-8(12)5-2-7;1-2-3/h1-2,4-5,12H,3,6H2,(H,10,11);3H,2H2,1H3. The molecule has 0 unspecified atom stereocenters. The lowest BCUT2D eigenvalue weighted by atomic mass is 10.1. The first kappa shape index (κ1) is 14.0. The summed E-state index contributed by atoms with van der Waals surface area (Å²) in [5.74, 6) is -0.759. The van der Waals surface area contributed by atoms with Gasteiger partial charge in [-0.25, -0.2) is 0 Å². The van der Waals surface area contributed by atoms with Crippen LogP contribution in [0.5, 0.6) is 0 Å². The maximum atomic E-state index is 10.2. The summed E-state index contributed by atoms with van der Waals surface area (Å²) in [6.45, 7) is 1.93. The van der Waals surface area contributed by atoms with Crippen LogP contribution in [0.3, 0.4) is 0 Å². The fraction of sp³-hybridized carbons (Fsp3) is 0.364. The van der Waals surface area contributed by atoms with Gasteiger partial charge in [0, 0.05) is 17.9 Å². The van der Waals surface area contributed by atoms with E-state index in [0.717, 1.165) is 10.5 Å². The SMILES string of the molecule is CCO.O=C(O)CCc1ccc(S)cc1. The zero-order chi connectivity index (χ0) is 11.7. The van der Waals surface area contributed by atoms with E-state index in [2.05, 4.69) is 12.6 Å². The molecule has 0 bridgehead atoms. The molecule has 84 valence electrons. The Bertz CT molecular complexity index is 282. The third-order valence-electron chi connectivity index (χ3n) is 1.56. The van der Waals surface area contributed by atoms with Gasteiger partial charge in [-0.3, -0.25) is 4.79 Å². The second-order valence-corrected chi connectivity index (χ2v) is 3.39. The largest absolute Gasteiger partial charge is 0.481 e. The Morgan fingerprint density at radius 2 is 1.80 bits per heavy atom. The van der Waals surface area contributed by atoms with Crippen molar-refractivity contribution in [1.29, 1.82) is 0 Å².